The highest BCUT2D eigenvalue weighted by molar-refractivity contribution is 7.44. The normalized spacial score (nSPS) is 20.8. The molecule has 28 heavy (non-hydrogen) atoms. The summed E-state index contributed by atoms with van der Waals surface area (Å²) >= 11 is 0. The molecule has 10 heteroatoms. The molecule has 0 amide bonds. The number of aromatic nitrogens is 2. The van der Waals surface area contributed by atoms with Gasteiger partial charge in [0.25, 0.3) is 14.1 Å². The zero-order valence-corrected chi connectivity index (χ0v) is 17.9. The van der Waals surface area contributed by atoms with Gasteiger partial charge in [0.2, 0.25) is 0 Å². The number of nitriles is 1. The second kappa shape index (κ2) is 10.3. The van der Waals surface area contributed by atoms with E-state index in [0.717, 1.165) is 0 Å². The first-order valence-corrected chi connectivity index (χ1v) is 10.6. The first-order valence-electron chi connectivity index (χ1n) is 9.43. The fourth-order valence-electron chi connectivity index (χ4n) is 3.07. The summed E-state index contributed by atoms with van der Waals surface area (Å²) in [5, 5.41) is 8.79. The maximum Gasteiger partial charge on any atom is 0.330 e. The van der Waals surface area contributed by atoms with Crippen molar-refractivity contribution in [2.75, 3.05) is 13.2 Å². The largest absolute Gasteiger partial charge is 0.355 e. The van der Waals surface area contributed by atoms with E-state index in [1.165, 1.54) is 10.8 Å². The molecule has 1 aliphatic heterocycles. The smallest absolute Gasteiger partial charge is 0.330 e. The lowest BCUT2D eigenvalue weighted by Crippen LogP contribution is -2.35. The van der Waals surface area contributed by atoms with Gasteiger partial charge in [-0.05, 0) is 34.6 Å². The van der Waals surface area contributed by atoms with Crippen molar-refractivity contribution in [2.45, 2.75) is 71.9 Å². The first-order chi connectivity index (χ1) is 13.2. The minimum Gasteiger partial charge on any atom is -0.355 e. The van der Waals surface area contributed by atoms with E-state index in [-0.39, 0.29) is 18.2 Å². The number of aromatic amines is 1. The Morgan fingerprint density at radius 1 is 1.39 bits per heavy atom. The molecule has 1 aromatic rings. The van der Waals surface area contributed by atoms with Gasteiger partial charge in [0, 0.05) is 30.3 Å². The molecule has 0 spiro atoms. The van der Waals surface area contributed by atoms with Crippen LogP contribution in [0.25, 0.3) is 0 Å². The minimum absolute atomic E-state index is 0.204. The fraction of sp³-hybridized carbons (Fsp3) is 0.722. The van der Waals surface area contributed by atoms with Crippen molar-refractivity contribution in [3.8, 4) is 6.07 Å². The predicted octanol–water partition coefficient (Wildman–Crippen LogP) is 2.43. The van der Waals surface area contributed by atoms with Crippen LogP contribution in [-0.4, -0.2) is 45.6 Å². The number of nitrogens with one attached hydrogen (secondary N) is 1. The molecule has 1 aliphatic rings. The number of aryl methyl sites for hydroxylation is 1. The second-order valence-corrected chi connectivity index (χ2v) is 8.68. The zero-order chi connectivity index (χ0) is 20.8. The van der Waals surface area contributed by atoms with Crippen molar-refractivity contribution >= 4 is 8.53 Å². The Labute approximate surface area is 166 Å². The number of ether oxygens (including phenoxy) is 1. The quantitative estimate of drug-likeness (QED) is 0.490. The molecule has 1 aromatic heterocycles. The van der Waals surface area contributed by atoms with Crippen LogP contribution < -0.4 is 11.2 Å². The van der Waals surface area contributed by atoms with Crippen molar-refractivity contribution in [1.29, 1.82) is 5.26 Å². The molecule has 1 fully saturated rings. The Morgan fingerprint density at radius 3 is 2.68 bits per heavy atom. The topological polar surface area (TPSA) is 110 Å². The lowest BCUT2D eigenvalue weighted by atomic mass is 10.3. The van der Waals surface area contributed by atoms with E-state index in [1.807, 2.05) is 0 Å². The SMILES string of the molecule is Cc1cn(C2CC(OP(OCCC#N)N(C(C)C)C(C)C)CO2)c(=O)[nH]c1=O. The summed E-state index contributed by atoms with van der Waals surface area (Å²) in [6.45, 7) is 10.6. The summed E-state index contributed by atoms with van der Waals surface area (Å²) in [4.78, 5) is 26.0. The molecule has 0 radical (unpaired) electrons. The lowest BCUT2D eigenvalue weighted by Gasteiger charge is -2.36. The fourth-order valence-corrected chi connectivity index (χ4v) is 4.78. The molecule has 0 saturated carbocycles. The molecule has 0 aliphatic carbocycles. The molecular weight excluding hydrogens is 383 g/mol. The van der Waals surface area contributed by atoms with Crippen molar-refractivity contribution in [3.05, 3.63) is 32.6 Å². The van der Waals surface area contributed by atoms with Crippen LogP contribution in [0.3, 0.4) is 0 Å². The van der Waals surface area contributed by atoms with Gasteiger partial charge < -0.3 is 13.8 Å². The van der Waals surface area contributed by atoms with Gasteiger partial charge in [-0.3, -0.25) is 14.3 Å². The molecule has 0 bridgehead atoms. The Morgan fingerprint density at radius 2 is 2.07 bits per heavy atom. The predicted molar refractivity (Wildman–Crippen MR) is 106 cm³/mol. The summed E-state index contributed by atoms with van der Waals surface area (Å²) in [6, 6.07) is 2.49. The number of H-pyrrole nitrogens is 1. The van der Waals surface area contributed by atoms with Crippen molar-refractivity contribution in [3.63, 3.8) is 0 Å². The van der Waals surface area contributed by atoms with Gasteiger partial charge in [-0.15, -0.1) is 0 Å². The lowest BCUT2D eigenvalue weighted by molar-refractivity contribution is 0.0445. The molecule has 0 aromatic carbocycles. The van der Waals surface area contributed by atoms with E-state index >= 15 is 0 Å². The van der Waals surface area contributed by atoms with E-state index in [1.54, 1.807) is 6.92 Å². The van der Waals surface area contributed by atoms with Gasteiger partial charge in [-0.1, -0.05) is 0 Å². The molecule has 2 rings (SSSR count). The molecular formula is C18H29N4O5P. The molecule has 2 heterocycles. The van der Waals surface area contributed by atoms with E-state index in [0.29, 0.717) is 31.6 Å². The first kappa shape index (κ1) is 22.7. The second-order valence-electron chi connectivity index (χ2n) is 7.28. The van der Waals surface area contributed by atoms with Gasteiger partial charge in [-0.25, -0.2) is 9.46 Å². The minimum atomic E-state index is -1.38. The summed E-state index contributed by atoms with van der Waals surface area (Å²) in [5.41, 5.74) is -0.453. The molecule has 3 unspecified atom stereocenters. The van der Waals surface area contributed by atoms with Crippen LogP contribution in [0.2, 0.25) is 0 Å². The average molecular weight is 412 g/mol. The maximum atomic E-state index is 12.1. The van der Waals surface area contributed by atoms with Gasteiger partial charge in [0.1, 0.15) is 6.23 Å². The van der Waals surface area contributed by atoms with E-state index < -0.39 is 26.0 Å². The van der Waals surface area contributed by atoms with Crippen LogP contribution in [-0.2, 0) is 13.8 Å². The molecule has 3 atom stereocenters. The van der Waals surface area contributed by atoms with Crippen molar-refractivity contribution in [1.82, 2.24) is 14.2 Å². The summed E-state index contributed by atoms with van der Waals surface area (Å²) in [6.07, 6.45) is 1.51. The Bertz CT molecular complexity index is 792. The van der Waals surface area contributed by atoms with Gasteiger partial charge in [-0.2, -0.15) is 5.26 Å². The van der Waals surface area contributed by atoms with Crippen molar-refractivity contribution < 1.29 is 13.8 Å². The highest BCUT2D eigenvalue weighted by Gasteiger charge is 2.35. The summed E-state index contributed by atoms with van der Waals surface area (Å²) < 4.78 is 21.4. The summed E-state index contributed by atoms with van der Waals surface area (Å²) in [7, 11) is -1.38. The van der Waals surface area contributed by atoms with Gasteiger partial charge >= 0.3 is 5.69 Å². The van der Waals surface area contributed by atoms with Crippen LogP contribution in [0.4, 0.5) is 0 Å². The summed E-state index contributed by atoms with van der Waals surface area (Å²) in [5.74, 6) is 0. The van der Waals surface area contributed by atoms with Crippen LogP contribution in [0.15, 0.2) is 15.8 Å². The molecule has 9 nitrogen and oxygen atoms in total. The number of rotatable bonds is 9. The molecule has 156 valence electrons. The number of hydrogen-bond acceptors (Lipinski definition) is 7. The third kappa shape index (κ3) is 5.72. The molecule has 1 saturated heterocycles. The zero-order valence-electron chi connectivity index (χ0n) is 17.0. The number of nitrogens with zero attached hydrogens (tertiary/aromatic N) is 3. The van der Waals surface area contributed by atoms with Gasteiger partial charge in [0.15, 0.2) is 0 Å². The third-order valence-electron chi connectivity index (χ3n) is 4.30. The average Bonchev–Trinajstić information content (AvgIpc) is 3.06. The van der Waals surface area contributed by atoms with Crippen LogP contribution >= 0.6 is 8.53 Å². The van der Waals surface area contributed by atoms with Crippen LogP contribution in [0, 0.1) is 18.3 Å². The Balaban J connectivity index is 2.11. The van der Waals surface area contributed by atoms with E-state index in [9.17, 15) is 9.59 Å². The van der Waals surface area contributed by atoms with Crippen LogP contribution in [0.5, 0.6) is 0 Å². The van der Waals surface area contributed by atoms with Crippen molar-refractivity contribution in [2.24, 2.45) is 0 Å². The highest BCUT2D eigenvalue weighted by Crippen LogP contribution is 2.48. The van der Waals surface area contributed by atoms with E-state index in [4.69, 9.17) is 19.0 Å². The maximum absolute atomic E-state index is 12.1. The number of hydrogen-bond donors (Lipinski definition) is 1. The van der Waals surface area contributed by atoms with Crippen LogP contribution in [0.1, 0.15) is 52.3 Å². The van der Waals surface area contributed by atoms with E-state index in [2.05, 4.69) is 43.4 Å². The van der Waals surface area contributed by atoms with Gasteiger partial charge in [0.05, 0.1) is 31.8 Å². The highest BCUT2D eigenvalue weighted by atomic mass is 31.2. The third-order valence-corrected chi connectivity index (χ3v) is 6.48. The molecule has 1 N–H and O–H groups in total. The Hall–Kier alpha value is -1.56. The Kier molecular flexibility index (Phi) is 8.35. The monoisotopic (exact) mass is 412 g/mol. The standard InChI is InChI=1S/C18H29N4O5P/c1-12(2)22(13(3)4)28(26-8-6-7-19)27-15-9-16(25-11-15)21-10-14(5)17(23)20-18(21)24/h10,12-13,15-16H,6,8-9,11H2,1-5H3,(H,20,23,24).